The molecule has 0 bridgehead atoms. The molecule has 0 N–H and O–H groups in total. The second-order valence-corrected chi connectivity index (χ2v) is 8.14. The molecule has 1 fully saturated rings. The van der Waals surface area contributed by atoms with Crippen molar-refractivity contribution < 1.29 is 4.79 Å². The summed E-state index contributed by atoms with van der Waals surface area (Å²) >= 11 is 0. The molecule has 0 unspecified atom stereocenters. The van der Waals surface area contributed by atoms with Gasteiger partial charge < -0.3 is 0 Å². The van der Waals surface area contributed by atoms with Crippen LogP contribution in [0.25, 0.3) is 16.9 Å². The fourth-order valence-electron chi connectivity index (χ4n) is 4.60. The number of rotatable bonds is 5. The lowest BCUT2D eigenvalue weighted by Crippen LogP contribution is -2.28. The van der Waals surface area contributed by atoms with Gasteiger partial charge in [0, 0.05) is 19.0 Å². The third kappa shape index (κ3) is 3.71. The molecule has 1 saturated carbocycles. The Hall–Kier alpha value is -2.88. The quantitative estimate of drug-likeness (QED) is 0.550. The Morgan fingerprint density at radius 3 is 2.28 bits per heavy atom. The van der Waals surface area contributed by atoms with Crippen LogP contribution < -0.4 is 5.69 Å². The Labute approximate surface area is 171 Å². The SMILES string of the molecule is CC(=O)c1c(-c2ccccc2)n(-c2ccccc2C)c(=O)n1CC1CCCCC1. The first-order valence-electron chi connectivity index (χ1n) is 10.6. The summed E-state index contributed by atoms with van der Waals surface area (Å²) in [5.41, 5.74) is 3.84. The van der Waals surface area contributed by atoms with Crippen molar-refractivity contribution >= 4 is 5.78 Å². The maximum Gasteiger partial charge on any atom is 0.333 e. The minimum atomic E-state index is -0.117. The summed E-state index contributed by atoms with van der Waals surface area (Å²) in [5, 5.41) is 0. The lowest BCUT2D eigenvalue weighted by atomic mass is 9.89. The van der Waals surface area contributed by atoms with Crippen LogP contribution in [0.3, 0.4) is 0 Å². The Morgan fingerprint density at radius 2 is 1.62 bits per heavy atom. The van der Waals surface area contributed by atoms with E-state index in [4.69, 9.17) is 0 Å². The number of benzene rings is 2. The average Bonchev–Trinajstić information content (AvgIpc) is 3.02. The third-order valence-electron chi connectivity index (χ3n) is 6.04. The summed E-state index contributed by atoms with van der Waals surface area (Å²) in [5.74, 6) is 0.389. The summed E-state index contributed by atoms with van der Waals surface area (Å²) in [4.78, 5) is 26.5. The molecule has 4 rings (SSSR count). The van der Waals surface area contributed by atoms with Gasteiger partial charge in [-0.2, -0.15) is 0 Å². The molecule has 0 amide bonds. The largest absolute Gasteiger partial charge is 0.333 e. The van der Waals surface area contributed by atoms with Gasteiger partial charge in [-0.1, -0.05) is 67.8 Å². The number of aromatic nitrogens is 2. The molecule has 29 heavy (non-hydrogen) atoms. The van der Waals surface area contributed by atoms with Gasteiger partial charge in [-0.25, -0.2) is 4.79 Å². The molecule has 1 aliphatic rings. The van der Waals surface area contributed by atoms with Crippen LogP contribution in [0.1, 0.15) is 55.1 Å². The number of hydrogen-bond donors (Lipinski definition) is 0. The van der Waals surface area contributed by atoms with Crippen molar-refractivity contribution in [3.63, 3.8) is 0 Å². The minimum absolute atomic E-state index is 0.0657. The fraction of sp³-hybridized carbons (Fsp3) is 0.360. The number of imidazole rings is 1. The molecule has 0 radical (unpaired) electrons. The van der Waals surface area contributed by atoms with Crippen molar-refractivity contribution in [1.82, 2.24) is 9.13 Å². The molecule has 1 aromatic heterocycles. The molecule has 0 spiro atoms. The van der Waals surface area contributed by atoms with Crippen LogP contribution in [0.2, 0.25) is 0 Å². The van der Waals surface area contributed by atoms with E-state index in [2.05, 4.69) is 0 Å². The smallest absolute Gasteiger partial charge is 0.293 e. The number of aryl methyl sites for hydroxylation is 1. The van der Waals surface area contributed by atoms with E-state index >= 15 is 0 Å². The highest BCUT2D eigenvalue weighted by atomic mass is 16.2. The van der Waals surface area contributed by atoms with E-state index in [0.29, 0.717) is 23.9 Å². The lowest BCUT2D eigenvalue weighted by molar-refractivity contribution is 0.100. The topological polar surface area (TPSA) is 44.0 Å². The molecule has 0 saturated heterocycles. The number of carbonyl (C=O) groups excluding carboxylic acids is 1. The van der Waals surface area contributed by atoms with E-state index in [0.717, 1.165) is 29.7 Å². The van der Waals surface area contributed by atoms with Crippen molar-refractivity contribution in [2.45, 2.75) is 52.5 Å². The molecule has 2 aromatic carbocycles. The first-order valence-corrected chi connectivity index (χ1v) is 10.6. The minimum Gasteiger partial charge on any atom is -0.293 e. The summed E-state index contributed by atoms with van der Waals surface area (Å²) in [6.45, 7) is 4.19. The summed E-state index contributed by atoms with van der Waals surface area (Å²) in [6.07, 6.45) is 5.93. The average molecular weight is 389 g/mol. The van der Waals surface area contributed by atoms with Crippen molar-refractivity contribution in [2.24, 2.45) is 5.92 Å². The van der Waals surface area contributed by atoms with Gasteiger partial charge in [0.2, 0.25) is 0 Å². The van der Waals surface area contributed by atoms with Gasteiger partial charge in [0.15, 0.2) is 5.78 Å². The van der Waals surface area contributed by atoms with Crippen LogP contribution in [0.5, 0.6) is 0 Å². The number of ketones is 1. The van der Waals surface area contributed by atoms with Crippen LogP contribution in [-0.4, -0.2) is 14.9 Å². The molecular weight excluding hydrogens is 360 g/mol. The standard InChI is InChI=1S/C25H28N2O2/c1-18-11-9-10-16-22(18)27-24(21-14-7-4-8-15-21)23(19(2)28)26(25(27)29)17-20-12-5-3-6-13-20/h4,7-11,14-16,20H,3,5-6,12-13,17H2,1-2H3. The Kier molecular flexibility index (Phi) is 5.52. The van der Waals surface area contributed by atoms with Crippen LogP contribution in [0.4, 0.5) is 0 Å². The van der Waals surface area contributed by atoms with Crippen molar-refractivity contribution in [3.8, 4) is 16.9 Å². The molecule has 4 heteroatoms. The van der Waals surface area contributed by atoms with Crippen molar-refractivity contribution in [1.29, 1.82) is 0 Å². The van der Waals surface area contributed by atoms with Gasteiger partial charge in [0.25, 0.3) is 0 Å². The van der Waals surface area contributed by atoms with Crippen LogP contribution >= 0.6 is 0 Å². The highest BCUT2D eigenvalue weighted by Gasteiger charge is 2.27. The summed E-state index contributed by atoms with van der Waals surface area (Å²) < 4.78 is 3.48. The normalized spacial score (nSPS) is 14.8. The van der Waals surface area contributed by atoms with Gasteiger partial charge in [-0.3, -0.25) is 13.9 Å². The summed E-state index contributed by atoms with van der Waals surface area (Å²) in [7, 11) is 0. The molecule has 4 nitrogen and oxygen atoms in total. The lowest BCUT2D eigenvalue weighted by Gasteiger charge is -2.22. The number of para-hydroxylation sites is 1. The predicted molar refractivity (Wildman–Crippen MR) is 117 cm³/mol. The van der Waals surface area contributed by atoms with E-state index in [9.17, 15) is 9.59 Å². The number of Topliss-reactive ketones (excluding diaryl/α,β-unsaturated/α-hetero) is 1. The molecular formula is C25H28N2O2. The molecule has 1 heterocycles. The highest BCUT2D eigenvalue weighted by Crippen LogP contribution is 2.30. The fourth-order valence-corrected chi connectivity index (χ4v) is 4.60. The predicted octanol–water partition coefficient (Wildman–Crippen LogP) is 5.40. The van der Waals surface area contributed by atoms with Crippen molar-refractivity contribution in [3.05, 3.63) is 76.3 Å². The van der Waals surface area contributed by atoms with Gasteiger partial charge in [-0.15, -0.1) is 0 Å². The Balaban J connectivity index is 1.98. The van der Waals surface area contributed by atoms with Gasteiger partial charge in [0.1, 0.15) is 5.69 Å². The zero-order chi connectivity index (χ0) is 20.4. The zero-order valence-electron chi connectivity index (χ0n) is 17.2. The van der Waals surface area contributed by atoms with E-state index < -0.39 is 0 Å². The van der Waals surface area contributed by atoms with E-state index in [1.54, 1.807) is 16.1 Å². The number of hydrogen-bond acceptors (Lipinski definition) is 2. The highest BCUT2D eigenvalue weighted by molar-refractivity contribution is 5.99. The van der Waals surface area contributed by atoms with E-state index in [-0.39, 0.29) is 11.5 Å². The molecule has 0 atom stereocenters. The van der Waals surface area contributed by atoms with E-state index in [1.165, 1.54) is 19.3 Å². The molecule has 3 aromatic rings. The van der Waals surface area contributed by atoms with E-state index in [1.807, 2.05) is 61.5 Å². The molecule has 1 aliphatic carbocycles. The number of nitrogens with zero attached hydrogens (tertiary/aromatic N) is 2. The zero-order valence-corrected chi connectivity index (χ0v) is 17.2. The second kappa shape index (κ2) is 8.24. The first-order chi connectivity index (χ1) is 14.1. The van der Waals surface area contributed by atoms with Crippen molar-refractivity contribution in [2.75, 3.05) is 0 Å². The second-order valence-electron chi connectivity index (χ2n) is 8.14. The van der Waals surface area contributed by atoms with Crippen LogP contribution in [0.15, 0.2) is 59.4 Å². The third-order valence-corrected chi connectivity index (χ3v) is 6.04. The van der Waals surface area contributed by atoms with Gasteiger partial charge >= 0.3 is 5.69 Å². The Bertz CT molecular complexity index is 1070. The summed E-state index contributed by atoms with van der Waals surface area (Å²) in [6, 6.07) is 17.7. The number of carbonyl (C=O) groups is 1. The first kappa shape index (κ1) is 19.4. The Morgan fingerprint density at radius 1 is 0.966 bits per heavy atom. The van der Waals surface area contributed by atoms with Crippen LogP contribution in [-0.2, 0) is 6.54 Å². The molecule has 0 aliphatic heterocycles. The molecule has 150 valence electrons. The maximum atomic E-state index is 13.7. The van der Waals surface area contributed by atoms with Gasteiger partial charge in [-0.05, 0) is 37.3 Å². The maximum absolute atomic E-state index is 13.7. The monoisotopic (exact) mass is 388 g/mol. The van der Waals surface area contributed by atoms with Gasteiger partial charge in [0.05, 0.1) is 11.4 Å². The van der Waals surface area contributed by atoms with Crippen LogP contribution in [0, 0.1) is 12.8 Å².